The topological polar surface area (TPSA) is 68.2 Å². The minimum Gasteiger partial charge on any atom is -0.340 e. The van der Waals surface area contributed by atoms with Crippen LogP contribution in [-0.2, 0) is 16.9 Å². The maximum Gasteiger partial charge on any atom is 0.272 e. The van der Waals surface area contributed by atoms with Crippen molar-refractivity contribution < 1.29 is 13.2 Å². The molecule has 26 heavy (non-hydrogen) atoms. The average Bonchev–Trinajstić information content (AvgIpc) is 2.96. The predicted octanol–water partition coefficient (Wildman–Crippen LogP) is 4.53. The lowest BCUT2D eigenvalue weighted by molar-refractivity contribution is 0.101. The third kappa shape index (κ3) is 3.32. The fourth-order valence-corrected chi connectivity index (χ4v) is 3.94. The number of anilines is 1. The number of halogens is 2. The Bertz CT molecular complexity index is 1100. The molecular weight excluding hydrogens is 395 g/mol. The van der Waals surface area contributed by atoms with Gasteiger partial charge >= 0.3 is 0 Å². The van der Waals surface area contributed by atoms with E-state index in [0.717, 1.165) is 5.52 Å². The molecule has 0 saturated heterocycles. The number of fused-ring (bicyclic) bond motifs is 1. The maximum absolute atomic E-state index is 12.6. The summed E-state index contributed by atoms with van der Waals surface area (Å²) in [6.45, 7) is 1.59. The van der Waals surface area contributed by atoms with E-state index in [1.165, 1.54) is 12.1 Å². The van der Waals surface area contributed by atoms with E-state index in [9.17, 15) is 13.2 Å². The van der Waals surface area contributed by atoms with Crippen molar-refractivity contribution in [1.29, 1.82) is 0 Å². The van der Waals surface area contributed by atoms with Gasteiger partial charge in [-0.25, -0.2) is 8.42 Å². The Hall–Kier alpha value is -2.02. The summed E-state index contributed by atoms with van der Waals surface area (Å²) >= 11 is 12.2. The molecular formula is C18H16Cl2N2O3S. The molecule has 2 aromatic carbocycles. The SMILES string of the molecule is CCS(=O)(=O)c1ccc(NC(=O)c2cc3c(Cl)c(Cl)ccc3n2C)cc1. The van der Waals surface area contributed by atoms with Crippen LogP contribution in [0.25, 0.3) is 10.9 Å². The highest BCUT2D eigenvalue weighted by Gasteiger charge is 2.17. The van der Waals surface area contributed by atoms with E-state index in [0.29, 0.717) is 26.8 Å². The number of carbonyl (C=O) groups excluding carboxylic acids is 1. The first kappa shape index (κ1) is 18.8. The molecule has 5 nitrogen and oxygen atoms in total. The molecule has 1 N–H and O–H groups in total. The number of aromatic nitrogens is 1. The van der Waals surface area contributed by atoms with E-state index in [-0.39, 0.29) is 16.6 Å². The second-order valence-corrected chi connectivity index (χ2v) is 8.83. The third-order valence-electron chi connectivity index (χ3n) is 4.20. The van der Waals surface area contributed by atoms with Gasteiger partial charge in [0.2, 0.25) is 0 Å². The largest absolute Gasteiger partial charge is 0.340 e. The lowest BCUT2D eigenvalue weighted by atomic mass is 10.2. The van der Waals surface area contributed by atoms with Crippen LogP contribution in [0.1, 0.15) is 17.4 Å². The van der Waals surface area contributed by atoms with Gasteiger partial charge in [0.05, 0.1) is 20.7 Å². The van der Waals surface area contributed by atoms with Gasteiger partial charge in [-0.05, 0) is 42.5 Å². The Labute approximate surface area is 161 Å². The molecule has 0 aliphatic rings. The molecule has 0 aliphatic carbocycles. The van der Waals surface area contributed by atoms with Crippen molar-refractivity contribution in [3.8, 4) is 0 Å². The summed E-state index contributed by atoms with van der Waals surface area (Å²) in [6.07, 6.45) is 0. The van der Waals surface area contributed by atoms with Gasteiger partial charge in [-0.1, -0.05) is 30.1 Å². The van der Waals surface area contributed by atoms with Crippen LogP contribution in [0.15, 0.2) is 47.4 Å². The van der Waals surface area contributed by atoms with Crippen LogP contribution in [0.5, 0.6) is 0 Å². The first-order valence-corrected chi connectivity index (χ1v) is 10.2. The highest BCUT2D eigenvalue weighted by atomic mass is 35.5. The molecule has 3 aromatic rings. The zero-order valence-electron chi connectivity index (χ0n) is 14.1. The van der Waals surface area contributed by atoms with Gasteiger partial charge < -0.3 is 9.88 Å². The van der Waals surface area contributed by atoms with Crippen LogP contribution < -0.4 is 5.32 Å². The molecule has 0 bridgehead atoms. The standard InChI is InChI=1S/C18H16Cl2N2O3S/c1-3-26(24,25)12-6-4-11(5-7-12)21-18(23)16-10-13-15(22(16)2)9-8-14(19)17(13)20/h4-10H,3H2,1-2H3,(H,21,23). The molecule has 0 atom stereocenters. The van der Waals surface area contributed by atoms with Crippen molar-refractivity contribution in [3.05, 3.63) is 58.2 Å². The van der Waals surface area contributed by atoms with Gasteiger partial charge in [0, 0.05) is 23.6 Å². The number of rotatable bonds is 4. The molecule has 3 rings (SSSR count). The number of nitrogens with zero attached hydrogens (tertiary/aromatic N) is 1. The number of sulfone groups is 1. The van der Waals surface area contributed by atoms with Gasteiger partial charge in [-0.15, -0.1) is 0 Å². The average molecular weight is 411 g/mol. The fourth-order valence-electron chi connectivity index (χ4n) is 2.67. The molecule has 0 fully saturated rings. The van der Waals surface area contributed by atoms with Gasteiger partial charge in [-0.2, -0.15) is 0 Å². The van der Waals surface area contributed by atoms with E-state index < -0.39 is 9.84 Å². The molecule has 1 aromatic heterocycles. The van der Waals surface area contributed by atoms with Crippen LogP contribution in [-0.4, -0.2) is 24.6 Å². The Balaban J connectivity index is 1.90. The normalized spacial score (nSPS) is 11.7. The minimum atomic E-state index is -3.27. The molecule has 0 saturated carbocycles. The summed E-state index contributed by atoms with van der Waals surface area (Å²) in [6, 6.07) is 11.2. The zero-order valence-corrected chi connectivity index (χ0v) is 16.4. The van der Waals surface area contributed by atoms with Crippen molar-refractivity contribution >= 4 is 55.5 Å². The smallest absolute Gasteiger partial charge is 0.272 e. The number of benzene rings is 2. The Morgan fingerprint density at radius 1 is 1.12 bits per heavy atom. The molecule has 1 heterocycles. The van der Waals surface area contributed by atoms with E-state index >= 15 is 0 Å². The van der Waals surface area contributed by atoms with Crippen molar-refractivity contribution in [1.82, 2.24) is 4.57 Å². The second-order valence-electron chi connectivity index (χ2n) is 5.76. The summed E-state index contributed by atoms with van der Waals surface area (Å²) < 4.78 is 25.4. The third-order valence-corrected chi connectivity index (χ3v) is 6.77. The number of nitrogens with one attached hydrogen (secondary N) is 1. The van der Waals surface area contributed by atoms with Crippen molar-refractivity contribution in [2.24, 2.45) is 7.05 Å². The Kier molecular flexibility index (Phi) is 5.01. The molecule has 1 amide bonds. The lowest BCUT2D eigenvalue weighted by Gasteiger charge is -2.08. The van der Waals surface area contributed by atoms with Gasteiger partial charge in [0.25, 0.3) is 5.91 Å². The van der Waals surface area contributed by atoms with Gasteiger partial charge in [0.15, 0.2) is 9.84 Å². The summed E-state index contributed by atoms with van der Waals surface area (Å²) in [7, 11) is -1.51. The molecule has 8 heteroatoms. The zero-order chi connectivity index (χ0) is 19.1. The minimum absolute atomic E-state index is 0.0258. The number of aryl methyl sites for hydroxylation is 1. The van der Waals surface area contributed by atoms with E-state index in [2.05, 4.69) is 5.32 Å². The van der Waals surface area contributed by atoms with E-state index in [4.69, 9.17) is 23.2 Å². The predicted molar refractivity (Wildman–Crippen MR) is 105 cm³/mol. The van der Waals surface area contributed by atoms with Gasteiger partial charge in [-0.3, -0.25) is 4.79 Å². The van der Waals surface area contributed by atoms with Crippen molar-refractivity contribution in [3.63, 3.8) is 0 Å². The Morgan fingerprint density at radius 2 is 1.77 bits per heavy atom. The summed E-state index contributed by atoms with van der Waals surface area (Å²) in [5.74, 6) is -0.306. The number of hydrogen-bond donors (Lipinski definition) is 1. The molecule has 0 unspecified atom stereocenters. The highest BCUT2D eigenvalue weighted by Crippen LogP contribution is 2.32. The summed E-state index contributed by atoms with van der Waals surface area (Å²) in [4.78, 5) is 12.8. The second kappa shape index (κ2) is 6.95. The summed E-state index contributed by atoms with van der Waals surface area (Å²) in [5.41, 5.74) is 1.70. The van der Waals surface area contributed by atoms with E-state index in [1.807, 2.05) is 0 Å². The summed E-state index contributed by atoms with van der Waals surface area (Å²) in [5, 5.41) is 4.27. The molecule has 0 aliphatic heterocycles. The van der Waals surface area contributed by atoms with Gasteiger partial charge in [0.1, 0.15) is 5.69 Å². The van der Waals surface area contributed by atoms with Crippen LogP contribution in [0.3, 0.4) is 0 Å². The number of carbonyl (C=O) groups is 1. The van der Waals surface area contributed by atoms with Crippen LogP contribution in [0, 0.1) is 0 Å². The first-order valence-electron chi connectivity index (χ1n) is 7.82. The molecule has 0 radical (unpaired) electrons. The number of amides is 1. The molecule has 136 valence electrons. The van der Waals surface area contributed by atoms with Crippen LogP contribution >= 0.6 is 23.2 Å². The molecule has 0 spiro atoms. The van der Waals surface area contributed by atoms with E-state index in [1.54, 1.807) is 48.9 Å². The van der Waals surface area contributed by atoms with Crippen LogP contribution in [0.2, 0.25) is 10.0 Å². The van der Waals surface area contributed by atoms with Crippen molar-refractivity contribution in [2.75, 3.05) is 11.1 Å². The highest BCUT2D eigenvalue weighted by molar-refractivity contribution is 7.91. The fraction of sp³-hybridized carbons (Fsp3) is 0.167. The lowest BCUT2D eigenvalue weighted by Crippen LogP contribution is -2.15. The quantitative estimate of drug-likeness (QED) is 0.686. The Morgan fingerprint density at radius 3 is 2.38 bits per heavy atom. The maximum atomic E-state index is 12.6. The first-order chi connectivity index (χ1) is 12.2. The van der Waals surface area contributed by atoms with Crippen LogP contribution in [0.4, 0.5) is 5.69 Å². The monoisotopic (exact) mass is 410 g/mol. The van der Waals surface area contributed by atoms with Crippen molar-refractivity contribution in [2.45, 2.75) is 11.8 Å². The number of hydrogen-bond acceptors (Lipinski definition) is 3.